The van der Waals surface area contributed by atoms with Crippen LogP contribution < -0.4 is 11.1 Å². The molecule has 170 valence electrons. The van der Waals surface area contributed by atoms with Gasteiger partial charge in [0.15, 0.2) is 11.4 Å². The van der Waals surface area contributed by atoms with Gasteiger partial charge >= 0.3 is 5.76 Å². The minimum absolute atomic E-state index is 0.143. The number of hydrogen-bond donors (Lipinski definition) is 1. The second-order valence-corrected chi connectivity index (χ2v) is 8.49. The van der Waals surface area contributed by atoms with Crippen LogP contribution in [-0.2, 0) is 11.3 Å². The van der Waals surface area contributed by atoms with E-state index in [-0.39, 0.29) is 34.4 Å². The molecule has 8 heteroatoms. The van der Waals surface area contributed by atoms with Crippen molar-refractivity contribution in [2.45, 2.75) is 52.0 Å². The van der Waals surface area contributed by atoms with Crippen LogP contribution in [0.4, 0.5) is 0 Å². The average molecular weight is 477 g/mol. The molecule has 0 fully saturated rings. The summed E-state index contributed by atoms with van der Waals surface area (Å²) in [6.07, 6.45) is 6.76. The van der Waals surface area contributed by atoms with E-state index in [4.69, 9.17) is 27.6 Å². The van der Waals surface area contributed by atoms with Crippen LogP contribution in [0.3, 0.4) is 0 Å². The summed E-state index contributed by atoms with van der Waals surface area (Å²) in [6, 6.07) is 9.51. The van der Waals surface area contributed by atoms with E-state index < -0.39 is 5.76 Å². The van der Waals surface area contributed by atoms with Crippen molar-refractivity contribution < 1.29 is 14.0 Å². The molecule has 0 saturated carbocycles. The third-order valence-electron chi connectivity index (χ3n) is 5.27. The summed E-state index contributed by atoms with van der Waals surface area (Å²) in [7, 11) is 0. The Morgan fingerprint density at radius 3 is 2.44 bits per heavy atom. The van der Waals surface area contributed by atoms with Crippen molar-refractivity contribution >= 4 is 46.0 Å². The van der Waals surface area contributed by atoms with Crippen molar-refractivity contribution in [3.63, 3.8) is 0 Å². The molecule has 1 amide bonds. The number of amides is 1. The van der Waals surface area contributed by atoms with Crippen LogP contribution in [0.15, 0.2) is 45.6 Å². The molecule has 0 saturated heterocycles. The number of halogens is 2. The lowest BCUT2D eigenvalue weighted by Gasteiger charge is -2.08. The fourth-order valence-corrected chi connectivity index (χ4v) is 4.00. The molecule has 3 rings (SSSR count). The number of oxazole rings is 1. The number of nitrogens with one attached hydrogen (secondary N) is 1. The number of aromatic nitrogens is 1. The van der Waals surface area contributed by atoms with E-state index in [1.807, 2.05) is 0 Å². The third-order valence-corrected chi connectivity index (χ3v) is 5.92. The van der Waals surface area contributed by atoms with Gasteiger partial charge in [-0.1, -0.05) is 74.4 Å². The van der Waals surface area contributed by atoms with Gasteiger partial charge in [0.05, 0.1) is 15.6 Å². The minimum Gasteiger partial charge on any atom is -0.408 e. The van der Waals surface area contributed by atoms with Crippen molar-refractivity contribution in [1.82, 2.24) is 9.88 Å². The number of ketones is 1. The number of carbonyl (C=O) groups is 2. The summed E-state index contributed by atoms with van der Waals surface area (Å²) in [5.41, 5.74) is 0.996. The monoisotopic (exact) mass is 476 g/mol. The Morgan fingerprint density at radius 2 is 1.69 bits per heavy atom. The molecule has 0 atom stereocenters. The zero-order valence-electron chi connectivity index (χ0n) is 18.0. The SMILES string of the molecule is CCCCCCCCNC(=O)Cn1c(=O)oc2cc(C(=O)c3ccccc3Cl)c(Cl)cc21. The predicted octanol–water partition coefficient (Wildman–Crippen LogP) is 5.61. The van der Waals surface area contributed by atoms with Crippen LogP contribution in [0.2, 0.25) is 10.0 Å². The average Bonchev–Trinajstić information content (AvgIpc) is 3.06. The lowest BCUT2D eigenvalue weighted by Crippen LogP contribution is -2.31. The summed E-state index contributed by atoms with van der Waals surface area (Å²) < 4.78 is 6.49. The molecule has 32 heavy (non-hydrogen) atoms. The normalized spacial score (nSPS) is 11.1. The molecule has 0 aliphatic heterocycles. The standard InChI is InChI=1S/C24H26Cl2N2O4/c1-2-3-4-5-6-9-12-27-22(29)15-28-20-14-19(26)17(13-21(20)32-24(28)31)23(30)16-10-7-8-11-18(16)25/h7-8,10-11,13-14H,2-6,9,12,15H2,1H3,(H,27,29). The third kappa shape index (κ3) is 5.81. The summed E-state index contributed by atoms with van der Waals surface area (Å²) in [5.74, 6) is -1.35. The lowest BCUT2D eigenvalue weighted by molar-refractivity contribution is -0.121. The van der Waals surface area contributed by atoms with Crippen LogP contribution in [0.25, 0.3) is 11.1 Å². The molecule has 0 aliphatic carbocycles. The quantitative estimate of drug-likeness (QED) is 0.288. The molecule has 0 radical (unpaired) electrons. The van der Waals surface area contributed by atoms with Gasteiger partial charge in [0.1, 0.15) is 6.54 Å². The highest BCUT2D eigenvalue weighted by atomic mass is 35.5. The van der Waals surface area contributed by atoms with Crippen LogP contribution in [0, 0.1) is 0 Å². The molecule has 0 spiro atoms. The fraction of sp³-hybridized carbons (Fsp3) is 0.375. The van der Waals surface area contributed by atoms with Gasteiger partial charge in [-0.15, -0.1) is 0 Å². The Balaban J connectivity index is 1.70. The highest BCUT2D eigenvalue weighted by molar-refractivity contribution is 6.38. The number of fused-ring (bicyclic) bond motifs is 1. The molecule has 6 nitrogen and oxygen atoms in total. The predicted molar refractivity (Wildman–Crippen MR) is 127 cm³/mol. The number of benzene rings is 2. The van der Waals surface area contributed by atoms with E-state index in [1.165, 1.54) is 36.0 Å². The van der Waals surface area contributed by atoms with E-state index in [2.05, 4.69) is 12.2 Å². The molecule has 0 bridgehead atoms. The van der Waals surface area contributed by atoms with Crippen LogP contribution in [0.5, 0.6) is 0 Å². The van der Waals surface area contributed by atoms with Crippen molar-refractivity contribution in [1.29, 1.82) is 0 Å². The van der Waals surface area contributed by atoms with E-state index >= 15 is 0 Å². The van der Waals surface area contributed by atoms with Gasteiger partial charge in [0, 0.05) is 17.7 Å². The van der Waals surface area contributed by atoms with E-state index in [0.717, 1.165) is 19.3 Å². The first kappa shape index (κ1) is 24.1. The number of nitrogens with zero attached hydrogens (tertiary/aromatic N) is 1. The highest BCUT2D eigenvalue weighted by Gasteiger charge is 2.20. The zero-order chi connectivity index (χ0) is 23.1. The number of hydrogen-bond acceptors (Lipinski definition) is 4. The zero-order valence-corrected chi connectivity index (χ0v) is 19.5. The molecular weight excluding hydrogens is 451 g/mol. The lowest BCUT2D eigenvalue weighted by atomic mass is 10.0. The molecular formula is C24H26Cl2N2O4. The molecule has 1 aromatic heterocycles. The van der Waals surface area contributed by atoms with E-state index in [0.29, 0.717) is 22.6 Å². The molecule has 1 N–H and O–H groups in total. The van der Waals surface area contributed by atoms with Crippen molar-refractivity contribution in [2.24, 2.45) is 0 Å². The van der Waals surface area contributed by atoms with Crippen LogP contribution in [0.1, 0.15) is 61.4 Å². The Hall–Kier alpha value is -2.57. The van der Waals surface area contributed by atoms with E-state index in [1.54, 1.807) is 24.3 Å². The first-order valence-corrected chi connectivity index (χ1v) is 11.6. The van der Waals surface area contributed by atoms with Crippen molar-refractivity contribution in [3.8, 4) is 0 Å². The molecule has 3 aromatic rings. The second kappa shape index (κ2) is 11.3. The smallest absolute Gasteiger partial charge is 0.408 e. The Morgan fingerprint density at radius 1 is 0.969 bits per heavy atom. The largest absolute Gasteiger partial charge is 0.420 e. The number of unbranched alkanes of at least 4 members (excludes halogenated alkanes) is 5. The van der Waals surface area contributed by atoms with Crippen molar-refractivity contribution in [2.75, 3.05) is 6.54 Å². The number of rotatable bonds is 11. The maximum Gasteiger partial charge on any atom is 0.420 e. The maximum absolute atomic E-state index is 12.9. The van der Waals surface area contributed by atoms with Gasteiger partial charge in [0.2, 0.25) is 5.91 Å². The maximum atomic E-state index is 12.9. The molecule has 2 aromatic carbocycles. The number of carbonyl (C=O) groups excluding carboxylic acids is 2. The minimum atomic E-state index is -0.687. The van der Waals surface area contributed by atoms with Gasteiger partial charge < -0.3 is 9.73 Å². The Labute approximate surface area is 196 Å². The summed E-state index contributed by atoms with van der Waals surface area (Å²) in [5, 5.41) is 3.28. The van der Waals surface area contributed by atoms with E-state index in [9.17, 15) is 14.4 Å². The molecule has 0 unspecified atom stereocenters. The Bertz CT molecular complexity index is 1170. The second-order valence-electron chi connectivity index (χ2n) is 7.68. The fourth-order valence-electron chi connectivity index (χ4n) is 3.53. The summed E-state index contributed by atoms with van der Waals surface area (Å²) in [4.78, 5) is 37.5. The summed E-state index contributed by atoms with van der Waals surface area (Å²) in [6.45, 7) is 2.55. The van der Waals surface area contributed by atoms with Gasteiger partial charge in [-0.3, -0.25) is 14.2 Å². The van der Waals surface area contributed by atoms with Gasteiger partial charge in [0.25, 0.3) is 0 Å². The van der Waals surface area contributed by atoms with Crippen LogP contribution in [-0.4, -0.2) is 22.8 Å². The Kier molecular flexibility index (Phi) is 8.53. The summed E-state index contributed by atoms with van der Waals surface area (Å²) >= 11 is 12.5. The van der Waals surface area contributed by atoms with Crippen molar-refractivity contribution in [3.05, 3.63) is 68.1 Å². The first-order valence-electron chi connectivity index (χ1n) is 10.8. The molecule has 0 aliphatic rings. The highest BCUT2D eigenvalue weighted by Crippen LogP contribution is 2.28. The first-order chi connectivity index (χ1) is 15.4. The topological polar surface area (TPSA) is 81.3 Å². The van der Waals surface area contributed by atoms with Gasteiger partial charge in [-0.05, 0) is 30.7 Å². The van der Waals surface area contributed by atoms with Crippen LogP contribution >= 0.6 is 23.2 Å². The van der Waals surface area contributed by atoms with Gasteiger partial charge in [-0.2, -0.15) is 0 Å². The van der Waals surface area contributed by atoms with Gasteiger partial charge in [-0.25, -0.2) is 4.79 Å². The molecule has 1 heterocycles.